The molecule has 4 amide bonds. The third-order valence-corrected chi connectivity index (χ3v) is 4.29. The maximum atomic E-state index is 13.0. The molecule has 8 nitrogen and oxygen atoms in total. The minimum absolute atomic E-state index is 0.0436. The van der Waals surface area contributed by atoms with Crippen LogP contribution in [0, 0.1) is 0 Å². The zero-order chi connectivity index (χ0) is 21.8. The van der Waals surface area contributed by atoms with Crippen LogP contribution >= 0.6 is 0 Å². The van der Waals surface area contributed by atoms with Crippen molar-refractivity contribution in [1.29, 1.82) is 0 Å². The maximum absolute atomic E-state index is 13.0. The second kappa shape index (κ2) is 8.69. The molecule has 156 valence electrons. The summed E-state index contributed by atoms with van der Waals surface area (Å²) in [6.07, 6.45) is 1.36. The molecule has 0 saturated carbocycles. The number of hydrogen-bond donors (Lipinski definition) is 1. The quantitative estimate of drug-likeness (QED) is 0.581. The Morgan fingerprint density at radius 2 is 1.63 bits per heavy atom. The van der Waals surface area contributed by atoms with Crippen LogP contribution in [-0.4, -0.2) is 38.2 Å². The van der Waals surface area contributed by atoms with Gasteiger partial charge in [0.1, 0.15) is 11.3 Å². The van der Waals surface area contributed by atoms with Crippen LogP contribution in [0.25, 0.3) is 6.08 Å². The highest BCUT2D eigenvalue weighted by atomic mass is 16.5. The molecule has 1 aliphatic heterocycles. The number of nitrogens with one attached hydrogen (secondary N) is 1. The summed E-state index contributed by atoms with van der Waals surface area (Å²) < 4.78 is 16.1. The van der Waals surface area contributed by atoms with Crippen LogP contribution in [0.3, 0.4) is 0 Å². The largest absolute Gasteiger partial charge is 0.497 e. The predicted molar refractivity (Wildman–Crippen MR) is 111 cm³/mol. The van der Waals surface area contributed by atoms with Gasteiger partial charge in [-0.1, -0.05) is 6.07 Å². The average Bonchev–Trinajstić information content (AvgIpc) is 2.72. The zero-order valence-electron chi connectivity index (χ0n) is 17.1. The number of methoxy groups -OCH3 is 2. The average molecular weight is 410 g/mol. The molecule has 0 atom stereocenters. The van der Waals surface area contributed by atoms with E-state index >= 15 is 0 Å². The summed E-state index contributed by atoms with van der Waals surface area (Å²) in [5.41, 5.74) is 0.686. The van der Waals surface area contributed by atoms with E-state index in [9.17, 15) is 14.4 Å². The molecule has 0 aromatic heterocycles. The van der Waals surface area contributed by atoms with Crippen molar-refractivity contribution in [3.05, 3.63) is 53.6 Å². The van der Waals surface area contributed by atoms with Gasteiger partial charge in [-0.3, -0.25) is 14.9 Å². The van der Waals surface area contributed by atoms with Gasteiger partial charge in [0.25, 0.3) is 11.8 Å². The van der Waals surface area contributed by atoms with Crippen molar-refractivity contribution in [3.63, 3.8) is 0 Å². The Kier molecular flexibility index (Phi) is 6.06. The number of ether oxygens (including phenoxy) is 3. The minimum Gasteiger partial charge on any atom is -0.497 e. The minimum atomic E-state index is -0.814. The van der Waals surface area contributed by atoms with Gasteiger partial charge in [-0.25, -0.2) is 9.69 Å². The number of benzene rings is 2. The number of rotatable bonds is 6. The highest BCUT2D eigenvalue weighted by Crippen LogP contribution is 2.30. The molecule has 2 aromatic carbocycles. The number of urea groups is 1. The smallest absolute Gasteiger partial charge is 0.335 e. The number of amides is 4. The molecule has 3 rings (SSSR count). The van der Waals surface area contributed by atoms with E-state index in [1.165, 1.54) is 20.3 Å². The topological polar surface area (TPSA) is 94.2 Å². The second-order valence-corrected chi connectivity index (χ2v) is 6.73. The van der Waals surface area contributed by atoms with Crippen LogP contribution in [0.5, 0.6) is 17.2 Å². The van der Waals surface area contributed by atoms with Gasteiger partial charge in [-0.2, -0.15) is 0 Å². The van der Waals surface area contributed by atoms with Gasteiger partial charge in [0, 0.05) is 0 Å². The van der Waals surface area contributed by atoms with Crippen LogP contribution in [0.15, 0.2) is 48.0 Å². The van der Waals surface area contributed by atoms with Crippen LogP contribution in [0.2, 0.25) is 0 Å². The highest BCUT2D eigenvalue weighted by Gasteiger charge is 2.36. The SMILES string of the molecule is COc1ccc(N2C(=O)NC(=O)/C(=C\c3ccc(OC(C)C)c(OC)c3)C2=O)cc1. The second-order valence-electron chi connectivity index (χ2n) is 6.73. The molecule has 1 fully saturated rings. The molecule has 30 heavy (non-hydrogen) atoms. The first-order valence-corrected chi connectivity index (χ1v) is 9.24. The Labute approximate surface area is 174 Å². The third kappa shape index (κ3) is 4.27. The lowest BCUT2D eigenvalue weighted by Crippen LogP contribution is -2.54. The van der Waals surface area contributed by atoms with E-state index in [0.717, 1.165) is 4.90 Å². The first-order valence-electron chi connectivity index (χ1n) is 9.24. The van der Waals surface area contributed by atoms with E-state index in [-0.39, 0.29) is 11.7 Å². The van der Waals surface area contributed by atoms with Gasteiger partial charge >= 0.3 is 6.03 Å². The lowest BCUT2D eigenvalue weighted by atomic mass is 10.1. The number of carbonyl (C=O) groups excluding carboxylic acids is 3. The zero-order valence-corrected chi connectivity index (χ0v) is 17.1. The van der Waals surface area contributed by atoms with Crippen molar-refractivity contribution in [2.75, 3.05) is 19.1 Å². The van der Waals surface area contributed by atoms with Gasteiger partial charge in [0.2, 0.25) is 0 Å². The van der Waals surface area contributed by atoms with Crippen LogP contribution in [-0.2, 0) is 9.59 Å². The number of anilines is 1. The fraction of sp³-hybridized carbons (Fsp3) is 0.227. The highest BCUT2D eigenvalue weighted by molar-refractivity contribution is 6.39. The number of barbiturate groups is 1. The molecule has 0 radical (unpaired) electrons. The van der Waals surface area contributed by atoms with Crippen LogP contribution in [0.1, 0.15) is 19.4 Å². The Hall–Kier alpha value is -3.81. The van der Waals surface area contributed by atoms with E-state index in [1.54, 1.807) is 42.5 Å². The molecule has 1 heterocycles. The van der Waals surface area contributed by atoms with Crippen molar-refractivity contribution in [1.82, 2.24) is 5.32 Å². The summed E-state index contributed by atoms with van der Waals surface area (Å²) >= 11 is 0. The van der Waals surface area contributed by atoms with Crippen molar-refractivity contribution < 1.29 is 28.6 Å². The molecule has 1 aliphatic rings. The summed E-state index contributed by atoms with van der Waals surface area (Å²) in [7, 11) is 3.01. The predicted octanol–water partition coefficient (Wildman–Crippen LogP) is 3.16. The van der Waals surface area contributed by atoms with Crippen molar-refractivity contribution in [2.24, 2.45) is 0 Å². The summed E-state index contributed by atoms with van der Waals surface area (Å²) in [5, 5.41) is 2.20. The van der Waals surface area contributed by atoms with Crippen molar-refractivity contribution >= 4 is 29.6 Å². The molecule has 8 heteroatoms. The van der Waals surface area contributed by atoms with E-state index in [4.69, 9.17) is 14.2 Å². The van der Waals surface area contributed by atoms with Gasteiger partial charge in [0.15, 0.2) is 11.5 Å². The summed E-state index contributed by atoms with van der Waals surface area (Å²) in [6, 6.07) is 10.6. The molecule has 0 aliphatic carbocycles. The monoisotopic (exact) mass is 410 g/mol. The van der Waals surface area contributed by atoms with Crippen molar-refractivity contribution in [2.45, 2.75) is 20.0 Å². The number of nitrogens with zero attached hydrogens (tertiary/aromatic N) is 1. The van der Waals surface area contributed by atoms with E-state index in [0.29, 0.717) is 28.5 Å². The Balaban J connectivity index is 1.95. The third-order valence-electron chi connectivity index (χ3n) is 4.29. The van der Waals surface area contributed by atoms with Gasteiger partial charge in [0.05, 0.1) is 26.0 Å². The fourth-order valence-corrected chi connectivity index (χ4v) is 2.92. The molecular weight excluding hydrogens is 388 g/mol. The van der Waals surface area contributed by atoms with Crippen LogP contribution in [0.4, 0.5) is 10.5 Å². The van der Waals surface area contributed by atoms with Gasteiger partial charge < -0.3 is 14.2 Å². The standard InChI is InChI=1S/C22H22N2O6/c1-13(2)30-18-10-5-14(12-19(18)29-4)11-17-20(25)23-22(27)24(21(17)26)15-6-8-16(28-3)9-7-15/h5-13H,1-4H3,(H,23,25,27)/b17-11+. The van der Waals surface area contributed by atoms with E-state index in [1.807, 2.05) is 13.8 Å². The molecule has 1 N–H and O–H groups in total. The molecule has 0 spiro atoms. The summed E-state index contributed by atoms with van der Waals surface area (Å²) in [6.45, 7) is 3.79. The number of carbonyl (C=O) groups is 3. The van der Waals surface area contributed by atoms with Gasteiger partial charge in [-0.05, 0) is 61.9 Å². The molecular formula is C22H22N2O6. The first-order chi connectivity index (χ1) is 14.3. The normalized spacial score (nSPS) is 15.4. The number of imide groups is 2. The molecule has 2 aromatic rings. The Bertz CT molecular complexity index is 1010. The van der Waals surface area contributed by atoms with Crippen LogP contribution < -0.4 is 24.4 Å². The summed E-state index contributed by atoms with van der Waals surface area (Å²) in [4.78, 5) is 38.5. The lowest BCUT2D eigenvalue weighted by molar-refractivity contribution is -0.122. The fourth-order valence-electron chi connectivity index (χ4n) is 2.92. The lowest BCUT2D eigenvalue weighted by Gasteiger charge is -2.26. The molecule has 0 bridgehead atoms. The maximum Gasteiger partial charge on any atom is 0.335 e. The molecule has 0 unspecified atom stereocenters. The Morgan fingerprint density at radius 3 is 2.23 bits per heavy atom. The van der Waals surface area contributed by atoms with Crippen molar-refractivity contribution in [3.8, 4) is 17.2 Å². The van der Waals surface area contributed by atoms with E-state index < -0.39 is 17.8 Å². The Morgan fingerprint density at radius 1 is 0.933 bits per heavy atom. The van der Waals surface area contributed by atoms with Gasteiger partial charge in [-0.15, -0.1) is 0 Å². The number of hydrogen-bond acceptors (Lipinski definition) is 6. The summed E-state index contributed by atoms with van der Waals surface area (Å²) in [5.74, 6) is 0.0896. The first kappa shape index (κ1) is 20.9. The molecule has 1 saturated heterocycles. The van der Waals surface area contributed by atoms with E-state index in [2.05, 4.69) is 5.32 Å².